The summed E-state index contributed by atoms with van der Waals surface area (Å²) in [7, 11) is 15.3. The van der Waals surface area contributed by atoms with Gasteiger partial charge in [-0.25, -0.2) is 24.3 Å². The molecule has 0 amide bonds. The summed E-state index contributed by atoms with van der Waals surface area (Å²) < 4.78 is 53.2. The van der Waals surface area contributed by atoms with E-state index in [1.54, 1.807) is 121 Å². The highest BCUT2D eigenvalue weighted by molar-refractivity contribution is 6.33. The molecule has 0 saturated carbocycles. The smallest absolute Gasteiger partial charge is 0.128 e. The number of aryl methyl sites for hydroxylation is 2. The fraction of sp³-hybridized carbons (Fsp3) is 0.231. The molecule has 0 bridgehead atoms. The second kappa shape index (κ2) is 41.9. The molecule has 16 rings (SSSR count). The molecule has 4 N–H and O–H groups in total. The molecule has 0 radical (unpaired) electrons. The quantitative estimate of drug-likeness (QED) is 0.0232. The van der Waals surface area contributed by atoms with Crippen LogP contribution < -0.4 is 53.3 Å². The lowest BCUT2D eigenvalue weighted by Gasteiger charge is -2.26. The van der Waals surface area contributed by atoms with E-state index >= 15 is 0 Å². The Kier molecular flexibility index (Phi) is 29.6. The number of terminal acetylenes is 1. The van der Waals surface area contributed by atoms with Gasteiger partial charge in [0.05, 0.1) is 209 Å². The zero-order valence-corrected chi connectivity index (χ0v) is 71.2. The molecule has 0 spiro atoms. The Morgan fingerprint density at radius 3 is 1.16 bits per heavy atom. The number of nitrogens with one attached hydrogen (secondary N) is 1. The second-order valence-electron chi connectivity index (χ2n) is 27.9. The second-order valence-corrected chi connectivity index (χ2v) is 28.7. The van der Waals surface area contributed by atoms with Crippen LogP contribution in [0.5, 0.6) is 34.5 Å². The highest BCUT2D eigenvalue weighted by atomic mass is 35.5. The maximum absolute atomic E-state index is 14.1. The summed E-state index contributed by atoms with van der Waals surface area (Å²) in [6, 6.07) is 45.0. The van der Waals surface area contributed by atoms with E-state index in [4.69, 9.17) is 88.2 Å². The Hall–Kier alpha value is -14.1. The number of fused-ring (bicyclic) bond motifs is 4. The van der Waals surface area contributed by atoms with Crippen molar-refractivity contribution in [3.8, 4) is 91.9 Å². The molecule has 16 aromatic rings. The van der Waals surface area contributed by atoms with Crippen LogP contribution >= 0.6 is 23.2 Å². The van der Waals surface area contributed by atoms with Crippen LogP contribution in [-0.4, -0.2) is 202 Å². The molecule has 0 aliphatic heterocycles. The summed E-state index contributed by atoms with van der Waals surface area (Å²) >= 11 is 12.5. The topological polar surface area (TPSA) is 315 Å². The van der Waals surface area contributed by atoms with Crippen molar-refractivity contribution in [2.45, 2.75) is 19.5 Å². The van der Waals surface area contributed by atoms with E-state index in [0.717, 1.165) is 149 Å². The zero-order chi connectivity index (χ0) is 87.2. The average molecular weight is 1710 g/mol. The Morgan fingerprint density at radius 1 is 0.403 bits per heavy atom. The summed E-state index contributed by atoms with van der Waals surface area (Å²) in [6.07, 6.45) is 27.9. The third-order valence-electron chi connectivity index (χ3n) is 19.7. The molecule has 8 heterocycles. The van der Waals surface area contributed by atoms with Crippen molar-refractivity contribution in [2.24, 2.45) is 14.1 Å². The minimum atomic E-state index is -0.431. The van der Waals surface area contributed by atoms with Gasteiger partial charge in [-0.15, -0.1) is 18.0 Å². The molecule has 0 fully saturated rings. The van der Waals surface area contributed by atoms with Gasteiger partial charge in [0.1, 0.15) is 40.3 Å². The largest absolute Gasteiger partial charge is 0.497 e. The number of hydrogen-bond donors (Lipinski definition) is 4. The van der Waals surface area contributed by atoms with Crippen LogP contribution in [-0.2, 0) is 27.2 Å². The number of anilines is 8. The van der Waals surface area contributed by atoms with Crippen molar-refractivity contribution >= 4 is 113 Å². The van der Waals surface area contributed by atoms with E-state index < -0.39 is 5.82 Å². The lowest BCUT2D eigenvalue weighted by atomic mass is 10.2. The highest BCUT2D eigenvalue weighted by Crippen LogP contribution is 2.40. The Bertz CT molecular complexity index is 6320. The number of alkyl halides is 1. The number of nitrogens with zero attached hydrogens (tertiary/aromatic N) is 20. The number of benzene rings is 8. The Morgan fingerprint density at radius 2 is 0.782 bits per heavy atom. The molecular formula is C91H92Cl2FN21O9. The molecule has 124 heavy (non-hydrogen) atoms. The average Bonchev–Trinajstić information content (AvgIpc) is 1.15. The number of halogens is 3. The van der Waals surface area contributed by atoms with Gasteiger partial charge < -0.3 is 68.7 Å². The maximum Gasteiger partial charge on any atom is 0.128 e. The molecule has 8 aromatic heterocycles. The predicted molar refractivity (Wildman–Crippen MR) is 482 cm³/mol. The molecular weight excluding hydrogens is 1620 g/mol. The summed E-state index contributed by atoms with van der Waals surface area (Å²) in [5.74, 6) is 6.80. The first-order valence-corrected chi connectivity index (χ1v) is 40.2. The fourth-order valence-corrected chi connectivity index (χ4v) is 13.8. The summed E-state index contributed by atoms with van der Waals surface area (Å²) in [5.41, 5.74) is 19.3. The maximum atomic E-state index is 14.1. The molecule has 0 aliphatic rings. The van der Waals surface area contributed by atoms with Gasteiger partial charge in [0.2, 0.25) is 0 Å². The van der Waals surface area contributed by atoms with Crippen molar-refractivity contribution in [1.82, 2.24) is 84.3 Å². The molecule has 0 aliphatic carbocycles. The SMILES string of the molecule is C#CCN(c1cc(OC)cc(OC)c1)c1ccc2ncc(-c3cnn(C)c3)nc2c1.CNCCN(c1cc(OC)cc(OC)c1)c1ccc2ncc(-c3cnn(CCO)c3)nc2c1.COc1cc(F)cc(N(CCO)c2ccc3ncc(-c4cnn(CCO)c4)nc3c2)c1.COc1ccc(Cl)c(N(CCCCl)c2ccc3ncc(-c4cnn(C)c4)nc3c2)c1. The summed E-state index contributed by atoms with van der Waals surface area (Å²) in [6.45, 7) is 3.62. The van der Waals surface area contributed by atoms with Crippen molar-refractivity contribution in [2.75, 3.05) is 128 Å². The van der Waals surface area contributed by atoms with Crippen molar-refractivity contribution in [3.63, 3.8) is 0 Å². The monoisotopic (exact) mass is 1710 g/mol. The van der Waals surface area contributed by atoms with E-state index in [1.165, 1.54) is 19.2 Å². The predicted octanol–water partition coefficient (Wildman–Crippen LogP) is 14.9. The molecule has 0 atom stereocenters. The number of rotatable bonds is 31. The van der Waals surface area contributed by atoms with Gasteiger partial charge in [-0.3, -0.25) is 38.7 Å². The van der Waals surface area contributed by atoms with E-state index in [1.807, 2.05) is 172 Å². The van der Waals surface area contributed by atoms with Crippen LogP contribution in [0.25, 0.3) is 89.2 Å². The van der Waals surface area contributed by atoms with Gasteiger partial charge in [-0.2, -0.15) is 20.4 Å². The molecule has 636 valence electrons. The highest BCUT2D eigenvalue weighted by Gasteiger charge is 2.21. The van der Waals surface area contributed by atoms with Crippen LogP contribution in [0, 0.1) is 18.2 Å². The van der Waals surface area contributed by atoms with E-state index in [-0.39, 0.29) is 26.4 Å². The van der Waals surface area contributed by atoms with Gasteiger partial charge in [-0.1, -0.05) is 17.5 Å². The fourth-order valence-electron chi connectivity index (χ4n) is 13.5. The summed E-state index contributed by atoms with van der Waals surface area (Å²) in [4.78, 5) is 45.4. The first-order valence-electron chi connectivity index (χ1n) is 39.3. The number of aliphatic hydroxyl groups excluding tert-OH is 3. The molecule has 8 aromatic carbocycles. The summed E-state index contributed by atoms with van der Waals surface area (Å²) in [5, 5.41) is 48.5. The Balaban J connectivity index is 0.000000142. The van der Waals surface area contributed by atoms with Gasteiger partial charge in [0.25, 0.3) is 0 Å². The van der Waals surface area contributed by atoms with E-state index in [9.17, 15) is 9.50 Å². The third-order valence-corrected chi connectivity index (χ3v) is 20.3. The number of aliphatic hydroxyl groups is 3. The number of methoxy groups -OCH3 is 6. The van der Waals surface area contributed by atoms with E-state index in [0.29, 0.717) is 76.7 Å². The van der Waals surface area contributed by atoms with Crippen LogP contribution in [0.2, 0.25) is 5.02 Å². The minimum absolute atomic E-state index is 0.000559. The van der Waals surface area contributed by atoms with Gasteiger partial charge in [0, 0.05) is 188 Å². The van der Waals surface area contributed by atoms with Crippen LogP contribution in [0.1, 0.15) is 6.42 Å². The van der Waals surface area contributed by atoms with Gasteiger partial charge in [-0.05, 0) is 104 Å². The normalized spacial score (nSPS) is 11.0. The first kappa shape index (κ1) is 87.7. The van der Waals surface area contributed by atoms with Crippen molar-refractivity contribution in [1.29, 1.82) is 0 Å². The van der Waals surface area contributed by atoms with Crippen molar-refractivity contribution in [3.05, 3.63) is 231 Å². The van der Waals surface area contributed by atoms with Crippen LogP contribution in [0.15, 0.2) is 220 Å². The number of ether oxygens (including phenoxy) is 6. The first-order chi connectivity index (χ1) is 60.4. The van der Waals surface area contributed by atoms with Gasteiger partial charge in [0.15, 0.2) is 0 Å². The molecule has 0 saturated heterocycles. The van der Waals surface area contributed by atoms with Crippen molar-refractivity contribution < 1.29 is 48.1 Å². The lowest BCUT2D eigenvalue weighted by molar-refractivity contribution is 0.269. The van der Waals surface area contributed by atoms with E-state index in [2.05, 4.69) is 61.4 Å². The number of likely N-dealkylation sites (N-methyl/N-ethyl adjacent to an activating group) is 1. The molecule has 33 heteroatoms. The van der Waals surface area contributed by atoms with Crippen LogP contribution in [0.3, 0.4) is 0 Å². The lowest BCUT2D eigenvalue weighted by Crippen LogP contribution is -2.26. The third kappa shape index (κ3) is 21.6. The standard InChI is InChI=1S/C24H28N6O3.C23H21N5O2.C22H21Cl2N5O.C22H22FN5O3/c1-25-6-7-30(19-10-20(32-2)13-21(11-19)33-3)18-4-5-22-23(12-18)28-24(15-26-22)17-14-27-29(16-17)8-9-31;1-5-8-28(18-9-19(29-3)12-20(10-18)30-4)17-6-7-21-22(11-17)26-23(14-24-21)16-13-25-27(2)15-16;1-28-14-15(12-26-28)21-13-25-19-7-4-16(10-20(19)27-21)29(9-3-8-23)22-11-17(30-2)5-6-18(22)24;1-31-19-9-16(23)8-18(10-19)28(5-7-30)17-2-3-20-21(11-17)26-22(13-24-20)15-12-25-27(14-15)4-6-29/h4-5,10-16,25,31H,6-9H2,1-3H3;1,6-7,9-15H,8H2,2-4H3;4-7,10-14H,3,8-9H2,1-2H3;2-3,8-14,29-30H,4-7H2,1H3. The molecule has 30 nitrogen and oxygen atoms in total. The number of hydrogen-bond acceptors (Lipinski definition) is 26. The zero-order valence-electron chi connectivity index (χ0n) is 69.7. The molecule has 0 unspecified atom stereocenters. The van der Waals surface area contributed by atoms with Crippen LogP contribution in [0.4, 0.5) is 49.9 Å². The number of aromatic nitrogens is 16. The minimum Gasteiger partial charge on any atom is -0.497 e. The van der Waals surface area contributed by atoms with Gasteiger partial charge >= 0.3 is 0 Å². The Labute approximate surface area is 725 Å².